The Morgan fingerprint density at radius 1 is 1.09 bits per heavy atom. The van der Waals surface area contributed by atoms with Crippen molar-refractivity contribution in [3.8, 4) is 11.1 Å². The Labute approximate surface area is 199 Å². The van der Waals surface area contributed by atoms with E-state index >= 15 is 0 Å². The number of aliphatic hydroxyl groups excluding tert-OH is 1. The fourth-order valence-electron chi connectivity index (χ4n) is 3.90. The molecule has 2 amide bonds. The normalized spacial score (nSPS) is 13.9. The number of alkyl carbamates (subject to hydrolysis) is 1. The van der Waals surface area contributed by atoms with Gasteiger partial charge in [-0.15, -0.1) is 11.3 Å². The highest BCUT2D eigenvalue weighted by Gasteiger charge is 2.29. The van der Waals surface area contributed by atoms with Crippen molar-refractivity contribution in [2.45, 2.75) is 31.5 Å². The molecule has 1 heterocycles. The summed E-state index contributed by atoms with van der Waals surface area (Å²) in [5, 5.41) is 23.9. The van der Waals surface area contributed by atoms with Crippen LogP contribution in [0.25, 0.3) is 11.1 Å². The van der Waals surface area contributed by atoms with Gasteiger partial charge in [0.25, 0.3) is 5.91 Å². The van der Waals surface area contributed by atoms with Gasteiger partial charge in [0.05, 0.1) is 18.8 Å². The molecular weight excluding hydrogens is 458 g/mol. The first-order chi connectivity index (χ1) is 16.3. The highest BCUT2D eigenvalue weighted by atomic mass is 32.1. The third kappa shape index (κ3) is 4.92. The molecule has 4 N–H and O–H groups in total. The number of carboxylic acids is 1. The van der Waals surface area contributed by atoms with E-state index in [0.29, 0.717) is 5.01 Å². The van der Waals surface area contributed by atoms with Crippen LogP contribution in [0, 0.1) is 0 Å². The summed E-state index contributed by atoms with van der Waals surface area (Å²) in [7, 11) is 0. The smallest absolute Gasteiger partial charge is 0.407 e. The molecule has 0 bridgehead atoms. The lowest BCUT2D eigenvalue weighted by Crippen LogP contribution is -2.47. The lowest BCUT2D eigenvalue weighted by molar-refractivity contribution is -0.141. The van der Waals surface area contributed by atoms with Crippen LogP contribution in [0.1, 0.15) is 38.6 Å². The van der Waals surface area contributed by atoms with Crippen LogP contribution in [0.5, 0.6) is 0 Å². The highest BCUT2D eigenvalue weighted by Crippen LogP contribution is 2.44. The molecule has 1 aliphatic carbocycles. The van der Waals surface area contributed by atoms with Crippen LogP contribution in [-0.2, 0) is 16.1 Å². The molecule has 34 heavy (non-hydrogen) atoms. The topological polar surface area (TPSA) is 138 Å². The predicted octanol–water partition coefficient (Wildman–Crippen LogP) is 2.75. The third-order valence-electron chi connectivity index (χ3n) is 5.54. The molecule has 1 aliphatic rings. The Morgan fingerprint density at radius 2 is 1.71 bits per heavy atom. The van der Waals surface area contributed by atoms with Crippen LogP contribution in [0.2, 0.25) is 0 Å². The highest BCUT2D eigenvalue weighted by molar-refractivity contribution is 7.13. The van der Waals surface area contributed by atoms with Crippen molar-refractivity contribution in [3.05, 3.63) is 75.7 Å². The fraction of sp³-hybridized carbons (Fsp3) is 0.250. The third-order valence-corrected chi connectivity index (χ3v) is 6.54. The van der Waals surface area contributed by atoms with Gasteiger partial charge in [-0.3, -0.25) is 4.79 Å². The molecule has 176 valence electrons. The average molecular weight is 482 g/mol. The first-order valence-corrected chi connectivity index (χ1v) is 11.4. The SMILES string of the molecule is CC(O)C(NC(=O)c1cnc(CNC(=O)OCC2c3ccccc3-c3ccccc32)s1)C(=O)O. The zero-order chi connectivity index (χ0) is 24.2. The van der Waals surface area contributed by atoms with Gasteiger partial charge >= 0.3 is 12.1 Å². The molecule has 0 aliphatic heterocycles. The molecule has 3 aromatic rings. The molecule has 0 saturated carbocycles. The standard InChI is InChI=1S/C24H23N3O6S/c1-13(28)21(23(30)31)27-22(29)19-10-25-20(34-19)11-26-24(32)33-12-18-16-8-4-2-6-14(16)15-7-3-5-9-17(15)18/h2-10,13,18,21,28H,11-12H2,1H3,(H,26,32)(H,27,29)(H,30,31). The van der Waals surface area contributed by atoms with Gasteiger partial charge in [-0.1, -0.05) is 48.5 Å². The average Bonchev–Trinajstić information content (AvgIpc) is 3.42. The van der Waals surface area contributed by atoms with Gasteiger partial charge in [-0.2, -0.15) is 0 Å². The van der Waals surface area contributed by atoms with Gasteiger partial charge in [-0.05, 0) is 29.2 Å². The molecule has 0 spiro atoms. The number of aliphatic carboxylic acids is 1. The maximum Gasteiger partial charge on any atom is 0.407 e. The van der Waals surface area contributed by atoms with Crippen molar-refractivity contribution >= 4 is 29.3 Å². The number of carbonyl (C=O) groups is 3. The van der Waals surface area contributed by atoms with E-state index in [9.17, 15) is 19.5 Å². The number of rotatable bonds is 8. The van der Waals surface area contributed by atoms with Gasteiger partial charge in [0.15, 0.2) is 6.04 Å². The number of carboxylic acid groups (broad SMARTS) is 1. The molecule has 2 atom stereocenters. The summed E-state index contributed by atoms with van der Waals surface area (Å²) in [5.74, 6) is -2.06. The quantitative estimate of drug-likeness (QED) is 0.388. The number of hydrogen-bond donors (Lipinski definition) is 4. The minimum Gasteiger partial charge on any atom is -0.480 e. The van der Waals surface area contributed by atoms with Crippen molar-refractivity contribution < 1.29 is 29.3 Å². The lowest BCUT2D eigenvalue weighted by Gasteiger charge is -2.16. The number of aromatic nitrogens is 1. The lowest BCUT2D eigenvalue weighted by atomic mass is 9.98. The largest absolute Gasteiger partial charge is 0.480 e. The van der Waals surface area contributed by atoms with Gasteiger partial charge in [0.2, 0.25) is 0 Å². The first kappa shape index (κ1) is 23.4. The van der Waals surface area contributed by atoms with Crippen molar-refractivity contribution in [1.82, 2.24) is 15.6 Å². The number of ether oxygens (including phenoxy) is 1. The van der Waals surface area contributed by atoms with E-state index in [4.69, 9.17) is 9.84 Å². The zero-order valence-corrected chi connectivity index (χ0v) is 19.0. The van der Waals surface area contributed by atoms with E-state index in [1.165, 1.54) is 13.1 Å². The molecule has 2 unspecified atom stereocenters. The summed E-state index contributed by atoms with van der Waals surface area (Å²) >= 11 is 1.01. The Bertz CT molecular complexity index is 1180. The summed E-state index contributed by atoms with van der Waals surface area (Å²) in [6.07, 6.45) is -0.581. The van der Waals surface area contributed by atoms with E-state index < -0.39 is 30.1 Å². The molecule has 10 heteroatoms. The summed E-state index contributed by atoms with van der Waals surface area (Å²) in [4.78, 5) is 39.9. The van der Waals surface area contributed by atoms with E-state index in [1.54, 1.807) is 0 Å². The molecule has 9 nitrogen and oxygen atoms in total. The van der Waals surface area contributed by atoms with Gasteiger partial charge in [-0.25, -0.2) is 14.6 Å². The van der Waals surface area contributed by atoms with Crippen LogP contribution < -0.4 is 10.6 Å². The summed E-state index contributed by atoms with van der Waals surface area (Å²) < 4.78 is 5.48. The van der Waals surface area contributed by atoms with Gasteiger partial charge in [0.1, 0.15) is 16.5 Å². The maximum atomic E-state index is 12.3. The molecule has 0 saturated heterocycles. The number of nitrogens with zero attached hydrogens (tertiary/aromatic N) is 1. The molecular formula is C24H23N3O6S. The monoisotopic (exact) mass is 481 g/mol. The van der Waals surface area contributed by atoms with E-state index in [-0.39, 0.29) is 23.9 Å². The second kappa shape index (κ2) is 10.0. The molecule has 0 radical (unpaired) electrons. The first-order valence-electron chi connectivity index (χ1n) is 10.6. The Hall–Kier alpha value is -3.76. The number of carbonyl (C=O) groups excluding carboxylic acids is 2. The minimum atomic E-state index is -1.43. The summed E-state index contributed by atoms with van der Waals surface area (Å²) in [5.41, 5.74) is 4.51. The number of thiazole rings is 1. The number of hydrogen-bond acceptors (Lipinski definition) is 7. The van der Waals surface area contributed by atoms with Crippen LogP contribution in [0.15, 0.2) is 54.7 Å². The minimum absolute atomic E-state index is 0.0490. The van der Waals surface area contributed by atoms with Crippen LogP contribution in [-0.4, -0.2) is 51.9 Å². The van der Waals surface area contributed by atoms with Gasteiger partial charge in [0, 0.05) is 5.92 Å². The van der Waals surface area contributed by atoms with Gasteiger partial charge < -0.3 is 25.6 Å². The van der Waals surface area contributed by atoms with Crippen molar-refractivity contribution in [2.24, 2.45) is 0 Å². The van der Waals surface area contributed by atoms with Crippen molar-refractivity contribution in [2.75, 3.05) is 6.61 Å². The molecule has 2 aromatic carbocycles. The van der Waals surface area contributed by atoms with Crippen molar-refractivity contribution in [1.29, 1.82) is 0 Å². The van der Waals surface area contributed by atoms with Crippen LogP contribution in [0.3, 0.4) is 0 Å². The number of aliphatic hydroxyl groups is 1. The number of amides is 2. The molecule has 4 rings (SSSR count). The van der Waals surface area contributed by atoms with E-state index in [1.807, 2.05) is 36.4 Å². The second-order valence-electron chi connectivity index (χ2n) is 7.83. The maximum absolute atomic E-state index is 12.3. The van der Waals surface area contributed by atoms with Crippen LogP contribution >= 0.6 is 11.3 Å². The Balaban J connectivity index is 1.31. The second-order valence-corrected chi connectivity index (χ2v) is 8.94. The predicted molar refractivity (Wildman–Crippen MR) is 125 cm³/mol. The number of benzene rings is 2. The molecule has 1 aromatic heterocycles. The van der Waals surface area contributed by atoms with E-state index in [2.05, 4.69) is 27.8 Å². The number of nitrogens with one attached hydrogen (secondary N) is 2. The fourth-order valence-corrected chi connectivity index (χ4v) is 4.66. The molecule has 0 fully saturated rings. The summed E-state index contributed by atoms with van der Waals surface area (Å²) in [6, 6.07) is 14.7. The van der Waals surface area contributed by atoms with Crippen molar-refractivity contribution in [3.63, 3.8) is 0 Å². The van der Waals surface area contributed by atoms with Crippen LogP contribution in [0.4, 0.5) is 4.79 Å². The Morgan fingerprint density at radius 3 is 2.29 bits per heavy atom. The van der Waals surface area contributed by atoms with E-state index in [0.717, 1.165) is 33.6 Å². The summed E-state index contributed by atoms with van der Waals surface area (Å²) in [6.45, 7) is 1.50. The number of fused-ring (bicyclic) bond motifs is 3. The Kier molecular flexibility index (Phi) is 6.90. The zero-order valence-electron chi connectivity index (χ0n) is 18.2.